The average Bonchev–Trinajstić information content (AvgIpc) is 3.42. The molecule has 1 atom stereocenters. The van der Waals surface area contributed by atoms with Crippen LogP contribution in [0.4, 0.5) is 0 Å². The van der Waals surface area contributed by atoms with Crippen molar-refractivity contribution in [3.05, 3.63) is 185 Å². The number of hydrogen-bond acceptors (Lipinski definition) is 0. The van der Waals surface area contributed by atoms with E-state index in [1.165, 1.54) is 84.3 Å². The topological polar surface area (TPSA) is 0 Å². The van der Waals surface area contributed by atoms with Gasteiger partial charge in [0.25, 0.3) is 0 Å². The molecule has 0 saturated carbocycles. The van der Waals surface area contributed by atoms with Crippen molar-refractivity contribution in [3.8, 4) is 33.4 Å². The van der Waals surface area contributed by atoms with Gasteiger partial charge in [-0.25, -0.2) is 0 Å². The van der Waals surface area contributed by atoms with Crippen LogP contribution in [-0.4, -0.2) is 0 Å². The van der Waals surface area contributed by atoms with Crippen molar-refractivity contribution in [3.63, 3.8) is 0 Å². The first-order valence-electron chi connectivity index (χ1n) is 17.3. The fraction of sp³-hybridized carbons (Fsp3) is 0.191. The van der Waals surface area contributed by atoms with Gasteiger partial charge in [0.15, 0.2) is 0 Å². The van der Waals surface area contributed by atoms with Crippen LogP contribution in [0.1, 0.15) is 79.0 Å². The molecule has 1 unspecified atom stereocenters. The molecule has 0 heterocycles. The van der Waals surface area contributed by atoms with Crippen molar-refractivity contribution in [2.24, 2.45) is 0 Å². The summed E-state index contributed by atoms with van der Waals surface area (Å²) in [6.45, 7) is 9.01. The molecule has 0 aromatic heterocycles. The molecule has 0 spiro atoms. The number of aryl methyl sites for hydroxylation is 2. The molecule has 0 heteroatoms. The van der Waals surface area contributed by atoms with E-state index in [0.717, 1.165) is 19.3 Å². The molecule has 6 aromatic carbocycles. The fourth-order valence-corrected chi connectivity index (χ4v) is 7.91. The lowest BCUT2D eigenvalue weighted by molar-refractivity contribution is 0.739. The van der Waals surface area contributed by atoms with Crippen LogP contribution in [0.25, 0.3) is 39.0 Å². The molecule has 0 amide bonds. The third-order valence-corrected chi connectivity index (χ3v) is 10.2. The molecule has 47 heavy (non-hydrogen) atoms. The first-order chi connectivity index (χ1) is 23.1. The molecule has 0 saturated heterocycles. The maximum absolute atomic E-state index is 2.39. The van der Waals surface area contributed by atoms with Crippen molar-refractivity contribution in [1.82, 2.24) is 0 Å². The largest absolute Gasteiger partial charge is 0.0810 e. The van der Waals surface area contributed by atoms with Crippen molar-refractivity contribution < 1.29 is 0 Å². The second kappa shape index (κ2) is 13.0. The summed E-state index contributed by atoms with van der Waals surface area (Å²) >= 11 is 0. The van der Waals surface area contributed by atoms with Crippen LogP contribution < -0.4 is 0 Å². The molecule has 232 valence electrons. The van der Waals surface area contributed by atoms with Gasteiger partial charge >= 0.3 is 0 Å². The van der Waals surface area contributed by atoms with E-state index in [9.17, 15) is 0 Å². The predicted molar refractivity (Wildman–Crippen MR) is 202 cm³/mol. The maximum Gasteiger partial charge on any atom is 0.0718 e. The minimum Gasteiger partial charge on any atom is -0.0810 e. The smallest absolute Gasteiger partial charge is 0.0718 e. The van der Waals surface area contributed by atoms with Crippen molar-refractivity contribution in [1.29, 1.82) is 0 Å². The Bertz CT molecular complexity index is 2060. The second-order valence-electron chi connectivity index (χ2n) is 13.1. The van der Waals surface area contributed by atoms with Crippen LogP contribution in [0, 0.1) is 6.92 Å². The quantitative estimate of drug-likeness (QED) is 0.153. The first kappa shape index (κ1) is 30.7. The number of hydrogen-bond donors (Lipinski definition) is 0. The molecule has 7 rings (SSSR count). The van der Waals surface area contributed by atoms with Crippen LogP contribution in [0.3, 0.4) is 0 Å². The minimum atomic E-state index is -0.398. The third-order valence-electron chi connectivity index (χ3n) is 10.2. The Hall–Kier alpha value is -4.94. The zero-order valence-electron chi connectivity index (χ0n) is 28.2. The Morgan fingerprint density at radius 1 is 0.532 bits per heavy atom. The SMILES string of the molecule is CCC/C=C(\C)c1ccc(-c2ccc(-c3cccc4c3-c3ccccc3C4(c3ccccc3C)c3ccccc3CCC)cc2)cc1. The van der Waals surface area contributed by atoms with Crippen LogP contribution in [0.2, 0.25) is 0 Å². The molecule has 0 aliphatic heterocycles. The Morgan fingerprint density at radius 3 is 1.81 bits per heavy atom. The van der Waals surface area contributed by atoms with Gasteiger partial charge in [0, 0.05) is 0 Å². The van der Waals surface area contributed by atoms with Crippen LogP contribution >= 0.6 is 0 Å². The van der Waals surface area contributed by atoms with E-state index in [1.54, 1.807) is 0 Å². The normalized spacial score (nSPS) is 15.4. The molecule has 1 aliphatic carbocycles. The predicted octanol–water partition coefficient (Wildman–Crippen LogP) is 12.8. The van der Waals surface area contributed by atoms with Crippen molar-refractivity contribution >= 4 is 5.57 Å². The standard InChI is InChI=1S/C47H44/c1-5-7-16-33(3)35-25-27-36(28-26-35)37-29-31-38(32-30-37)40-20-14-24-45-46(40)41-19-10-13-23-44(41)47(45,42-21-11-8-17-34(42)4)43-22-12-9-18-39(43)15-6-2/h8-14,16-32H,5-7,15H2,1-4H3/b33-16+. The number of unbranched alkanes of at least 4 members (excludes halogenated alkanes) is 1. The fourth-order valence-electron chi connectivity index (χ4n) is 7.91. The van der Waals surface area contributed by atoms with E-state index in [4.69, 9.17) is 0 Å². The third kappa shape index (κ3) is 5.27. The van der Waals surface area contributed by atoms with Gasteiger partial charge in [0.05, 0.1) is 5.41 Å². The highest BCUT2D eigenvalue weighted by Gasteiger charge is 2.48. The Morgan fingerprint density at radius 2 is 1.11 bits per heavy atom. The highest BCUT2D eigenvalue weighted by Crippen LogP contribution is 2.59. The van der Waals surface area contributed by atoms with E-state index in [0.29, 0.717) is 0 Å². The summed E-state index contributed by atoms with van der Waals surface area (Å²) in [5, 5.41) is 0. The molecule has 6 aromatic rings. The van der Waals surface area contributed by atoms with Gasteiger partial charge in [0.2, 0.25) is 0 Å². The monoisotopic (exact) mass is 608 g/mol. The molecular formula is C47H44. The summed E-state index contributed by atoms with van der Waals surface area (Å²) in [5.74, 6) is 0. The highest BCUT2D eigenvalue weighted by atomic mass is 14.5. The Labute approximate surface area is 281 Å². The second-order valence-corrected chi connectivity index (χ2v) is 13.1. The summed E-state index contributed by atoms with van der Waals surface area (Å²) < 4.78 is 0. The van der Waals surface area contributed by atoms with Gasteiger partial charge in [-0.2, -0.15) is 0 Å². The lowest BCUT2D eigenvalue weighted by atomic mass is 9.65. The molecule has 0 nitrogen and oxygen atoms in total. The average molecular weight is 609 g/mol. The Balaban J connectivity index is 1.39. The van der Waals surface area contributed by atoms with E-state index >= 15 is 0 Å². The molecule has 1 aliphatic rings. The number of allylic oxidation sites excluding steroid dienone is 2. The number of benzene rings is 6. The summed E-state index contributed by atoms with van der Waals surface area (Å²) in [5.41, 5.74) is 18.2. The van der Waals surface area contributed by atoms with Crippen LogP contribution in [0.15, 0.2) is 146 Å². The summed E-state index contributed by atoms with van der Waals surface area (Å²) in [4.78, 5) is 0. The first-order valence-corrected chi connectivity index (χ1v) is 17.3. The zero-order valence-corrected chi connectivity index (χ0v) is 28.2. The highest BCUT2D eigenvalue weighted by molar-refractivity contribution is 5.96. The molecule has 0 radical (unpaired) electrons. The molecule has 0 fully saturated rings. The minimum absolute atomic E-state index is 0.398. The van der Waals surface area contributed by atoms with E-state index in [1.807, 2.05) is 0 Å². The summed E-state index contributed by atoms with van der Waals surface area (Å²) in [6.07, 6.45) is 6.81. The summed E-state index contributed by atoms with van der Waals surface area (Å²) in [7, 11) is 0. The molecule has 0 bridgehead atoms. The van der Waals surface area contributed by atoms with Gasteiger partial charge in [0.1, 0.15) is 0 Å². The van der Waals surface area contributed by atoms with Crippen molar-refractivity contribution in [2.45, 2.75) is 58.8 Å². The lowest BCUT2D eigenvalue weighted by Gasteiger charge is -2.36. The number of rotatable bonds is 9. The van der Waals surface area contributed by atoms with Gasteiger partial charge in [-0.05, 0) is 105 Å². The van der Waals surface area contributed by atoms with E-state index in [-0.39, 0.29) is 0 Å². The van der Waals surface area contributed by atoms with Gasteiger partial charge in [-0.3, -0.25) is 0 Å². The number of fused-ring (bicyclic) bond motifs is 3. The van der Waals surface area contributed by atoms with Crippen molar-refractivity contribution in [2.75, 3.05) is 0 Å². The van der Waals surface area contributed by atoms with Crippen LogP contribution in [-0.2, 0) is 11.8 Å². The zero-order chi connectivity index (χ0) is 32.4. The van der Waals surface area contributed by atoms with E-state index < -0.39 is 5.41 Å². The van der Waals surface area contributed by atoms with Gasteiger partial charge in [-0.1, -0.05) is 172 Å². The molecule has 0 N–H and O–H groups in total. The lowest BCUT2D eigenvalue weighted by Crippen LogP contribution is -2.31. The van der Waals surface area contributed by atoms with Gasteiger partial charge in [-0.15, -0.1) is 0 Å². The van der Waals surface area contributed by atoms with Gasteiger partial charge < -0.3 is 0 Å². The summed E-state index contributed by atoms with van der Waals surface area (Å²) in [6, 6.07) is 52.5. The molecular weight excluding hydrogens is 565 g/mol. The van der Waals surface area contributed by atoms with E-state index in [2.05, 4.69) is 173 Å². The van der Waals surface area contributed by atoms with Crippen LogP contribution in [0.5, 0.6) is 0 Å². The maximum atomic E-state index is 2.39. The Kier molecular flexibility index (Phi) is 8.52.